The number of aliphatic imine (C=N–C) groups is 1. The second-order valence-electron chi connectivity index (χ2n) is 8.63. The van der Waals surface area contributed by atoms with Gasteiger partial charge in [0, 0.05) is 64.9 Å². The molecule has 0 aromatic heterocycles. The summed E-state index contributed by atoms with van der Waals surface area (Å²) in [6.45, 7) is 11.7. The first kappa shape index (κ1) is 22.1. The Labute approximate surface area is 176 Å². The van der Waals surface area contributed by atoms with E-state index in [0.717, 1.165) is 58.3 Å². The van der Waals surface area contributed by atoms with Crippen LogP contribution in [0.3, 0.4) is 0 Å². The van der Waals surface area contributed by atoms with Gasteiger partial charge in [0.1, 0.15) is 0 Å². The predicted octanol–water partition coefficient (Wildman–Crippen LogP) is 2.26. The van der Waals surface area contributed by atoms with Crippen molar-refractivity contribution >= 4 is 5.96 Å². The zero-order chi connectivity index (χ0) is 20.6. The lowest BCUT2D eigenvalue weighted by Crippen LogP contribution is -2.52. The fourth-order valence-electron chi connectivity index (χ4n) is 4.26. The number of benzene rings is 1. The van der Waals surface area contributed by atoms with Crippen LogP contribution in [-0.2, 0) is 4.74 Å². The van der Waals surface area contributed by atoms with Crippen molar-refractivity contribution in [3.63, 3.8) is 0 Å². The summed E-state index contributed by atoms with van der Waals surface area (Å²) in [6, 6.07) is 9.28. The van der Waals surface area contributed by atoms with Gasteiger partial charge in [-0.15, -0.1) is 0 Å². The highest BCUT2D eigenvalue weighted by molar-refractivity contribution is 5.79. The van der Waals surface area contributed by atoms with Crippen molar-refractivity contribution in [2.75, 3.05) is 60.0 Å². The number of rotatable bonds is 6. The molecule has 3 unspecified atom stereocenters. The average Bonchev–Trinajstić information content (AvgIpc) is 2.75. The van der Waals surface area contributed by atoms with Gasteiger partial charge in [-0.25, -0.2) is 0 Å². The number of aryl methyl sites for hydroxylation is 1. The maximum absolute atomic E-state index is 6.16. The van der Waals surface area contributed by atoms with E-state index in [4.69, 9.17) is 4.74 Å². The van der Waals surface area contributed by atoms with Crippen LogP contribution in [0, 0.1) is 12.8 Å². The molecule has 2 heterocycles. The highest BCUT2D eigenvalue weighted by Crippen LogP contribution is 2.33. The Morgan fingerprint density at radius 3 is 2.59 bits per heavy atom. The fourth-order valence-corrected chi connectivity index (χ4v) is 4.26. The van der Waals surface area contributed by atoms with Gasteiger partial charge < -0.3 is 20.3 Å². The minimum atomic E-state index is 0.166. The summed E-state index contributed by atoms with van der Waals surface area (Å²) in [4.78, 5) is 9.39. The van der Waals surface area contributed by atoms with Crippen LogP contribution in [0.25, 0.3) is 0 Å². The standard InChI is InChI=1S/C23H39N5O/c1-18-7-9-20(10-8-18)22-21(6-5-15-29-22)17-26-23(24-3)25-16-19(2)28-13-11-27(4)12-14-28/h7-10,19,21-22H,5-6,11-17H2,1-4H3,(H2,24,25,26). The number of piperazine rings is 1. The monoisotopic (exact) mass is 401 g/mol. The van der Waals surface area contributed by atoms with Crippen LogP contribution in [0.1, 0.15) is 37.0 Å². The molecule has 2 saturated heterocycles. The molecule has 0 spiro atoms. The Morgan fingerprint density at radius 1 is 1.17 bits per heavy atom. The van der Waals surface area contributed by atoms with E-state index < -0.39 is 0 Å². The van der Waals surface area contributed by atoms with Crippen LogP contribution in [0.5, 0.6) is 0 Å². The van der Waals surface area contributed by atoms with E-state index in [1.54, 1.807) is 0 Å². The quantitative estimate of drug-likeness (QED) is 0.566. The van der Waals surface area contributed by atoms with Gasteiger partial charge in [-0.1, -0.05) is 29.8 Å². The summed E-state index contributed by atoms with van der Waals surface area (Å²) in [5.74, 6) is 1.35. The van der Waals surface area contributed by atoms with E-state index in [0.29, 0.717) is 12.0 Å². The molecular weight excluding hydrogens is 362 g/mol. The Hall–Kier alpha value is -1.63. The molecular formula is C23H39N5O. The molecule has 3 atom stereocenters. The Morgan fingerprint density at radius 2 is 1.90 bits per heavy atom. The number of hydrogen-bond acceptors (Lipinski definition) is 4. The van der Waals surface area contributed by atoms with Crippen LogP contribution in [-0.4, -0.2) is 81.8 Å². The molecule has 0 bridgehead atoms. The van der Waals surface area contributed by atoms with Gasteiger partial charge in [0.05, 0.1) is 6.10 Å². The number of likely N-dealkylation sites (N-methyl/N-ethyl adjacent to an activating group) is 1. The molecule has 1 aromatic rings. The first-order chi connectivity index (χ1) is 14.1. The van der Waals surface area contributed by atoms with Gasteiger partial charge in [-0.3, -0.25) is 9.89 Å². The average molecular weight is 402 g/mol. The lowest BCUT2D eigenvalue weighted by atomic mass is 9.89. The van der Waals surface area contributed by atoms with Gasteiger partial charge in [-0.05, 0) is 39.3 Å². The van der Waals surface area contributed by atoms with Crippen LogP contribution < -0.4 is 10.6 Å². The van der Waals surface area contributed by atoms with Crippen LogP contribution >= 0.6 is 0 Å². The minimum Gasteiger partial charge on any atom is -0.373 e. The Balaban J connectivity index is 1.48. The first-order valence-electron chi connectivity index (χ1n) is 11.1. The predicted molar refractivity (Wildman–Crippen MR) is 120 cm³/mol. The normalized spacial score (nSPS) is 25.6. The van der Waals surface area contributed by atoms with Crippen molar-refractivity contribution in [3.8, 4) is 0 Å². The number of hydrogen-bond donors (Lipinski definition) is 2. The molecule has 3 rings (SSSR count). The smallest absolute Gasteiger partial charge is 0.191 e. The zero-order valence-corrected chi connectivity index (χ0v) is 18.7. The zero-order valence-electron chi connectivity index (χ0n) is 18.7. The topological polar surface area (TPSA) is 52.1 Å². The summed E-state index contributed by atoms with van der Waals surface area (Å²) in [7, 11) is 4.05. The van der Waals surface area contributed by atoms with Crippen molar-refractivity contribution in [1.82, 2.24) is 20.4 Å². The van der Waals surface area contributed by atoms with E-state index in [-0.39, 0.29) is 6.10 Å². The second-order valence-corrected chi connectivity index (χ2v) is 8.63. The SMILES string of the molecule is CN=C(NCC1CCCOC1c1ccc(C)cc1)NCC(C)N1CCN(C)CC1. The molecule has 0 saturated carbocycles. The molecule has 162 valence electrons. The van der Waals surface area contributed by atoms with Crippen LogP contribution in [0.2, 0.25) is 0 Å². The molecule has 0 aliphatic carbocycles. The molecule has 6 heteroatoms. The van der Waals surface area contributed by atoms with Gasteiger partial charge in [0.2, 0.25) is 0 Å². The fraction of sp³-hybridized carbons (Fsp3) is 0.696. The van der Waals surface area contributed by atoms with Crippen LogP contribution in [0.4, 0.5) is 0 Å². The third-order valence-corrected chi connectivity index (χ3v) is 6.33. The molecule has 29 heavy (non-hydrogen) atoms. The van der Waals surface area contributed by atoms with Crippen molar-refractivity contribution in [2.24, 2.45) is 10.9 Å². The third kappa shape index (κ3) is 6.43. The van der Waals surface area contributed by atoms with Crippen molar-refractivity contribution in [2.45, 2.75) is 38.8 Å². The van der Waals surface area contributed by atoms with E-state index in [9.17, 15) is 0 Å². The number of ether oxygens (including phenoxy) is 1. The Bertz CT molecular complexity index is 639. The number of nitrogens with zero attached hydrogens (tertiary/aromatic N) is 3. The van der Waals surface area contributed by atoms with E-state index >= 15 is 0 Å². The van der Waals surface area contributed by atoms with Crippen molar-refractivity contribution in [1.29, 1.82) is 0 Å². The molecule has 2 N–H and O–H groups in total. The first-order valence-corrected chi connectivity index (χ1v) is 11.1. The highest BCUT2D eigenvalue weighted by atomic mass is 16.5. The summed E-state index contributed by atoms with van der Waals surface area (Å²) >= 11 is 0. The molecule has 6 nitrogen and oxygen atoms in total. The summed E-state index contributed by atoms with van der Waals surface area (Å²) in [5, 5.41) is 7.07. The van der Waals surface area contributed by atoms with Gasteiger partial charge in [0.25, 0.3) is 0 Å². The molecule has 2 aliphatic heterocycles. The summed E-state index contributed by atoms with van der Waals surface area (Å²) in [5.41, 5.74) is 2.58. The lowest BCUT2D eigenvalue weighted by Gasteiger charge is -2.36. The summed E-state index contributed by atoms with van der Waals surface area (Å²) < 4.78 is 6.16. The van der Waals surface area contributed by atoms with Crippen molar-refractivity contribution < 1.29 is 4.74 Å². The summed E-state index contributed by atoms with van der Waals surface area (Å²) in [6.07, 6.45) is 2.47. The maximum Gasteiger partial charge on any atom is 0.191 e. The largest absolute Gasteiger partial charge is 0.373 e. The number of guanidine groups is 1. The number of nitrogens with one attached hydrogen (secondary N) is 2. The van der Waals surface area contributed by atoms with E-state index in [2.05, 4.69) is 70.6 Å². The second kappa shape index (κ2) is 11.0. The van der Waals surface area contributed by atoms with Crippen molar-refractivity contribution in [3.05, 3.63) is 35.4 Å². The molecule has 1 aromatic carbocycles. The lowest BCUT2D eigenvalue weighted by molar-refractivity contribution is -0.0265. The maximum atomic E-state index is 6.16. The minimum absolute atomic E-state index is 0.166. The van der Waals surface area contributed by atoms with Gasteiger partial charge in [-0.2, -0.15) is 0 Å². The molecule has 0 radical (unpaired) electrons. The van der Waals surface area contributed by atoms with Gasteiger partial charge in [0.15, 0.2) is 5.96 Å². The van der Waals surface area contributed by atoms with E-state index in [1.165, 1.54) is 17.5 Å². The molecule has 2 aliphatic rings. The molecule has 0 amide bonds. The van der Waals surface area contributed by atoms with Gasteiger partial charge >= 0.3 is 0 Å². The third-order valence-electron chi connectivity index (χ3n) is 6.33. The Kier molecular flexibility index (Phi) is 8.33. The van der Waals surface area contributed by atoms with Crippen LogP contribution in [0.15, 0.2) is 29.3 Å². The van der Waals surface area contributed by atoms with E-state index in [1.807, 2.05) is 7.05 Å². The highest BCUT2D eigenvalue weighted by Gasteiger charge is 2.27. The molecule has 2 fully saturated rings.